The highest BCUT2D eigenvalue weighted by Gasteiger charge is 2.36. The van der Waals surface area contributed by atoms with Crippen LogP contribution in [0.25, 0.3) is 0 Å². The monoisotopic (exact) mass is 218 g/mol. The van der Waals surface area contributed by atoms with Crippen molar-refractivity contribution in [1.82, 2.24) is 4.98 Å². The first-order valence-corrected chi connectivity index (χ1v) is 4.01. The van der Waals surface area contributed by atoms with Crippen molar-refractivity contribution < 1.29 is 13.2 Å². The summed E-state index contributed by atoms with van der Waals surface area (Å²) in [4.78, 5) is 2.87. The Morgan fingerprint density at radius 2 is 1.93 bits per heavy atom. The molecule has 0 aliphatic heterocycles. The molecule has 1 heterocycles. The second-order valence-corrected chi connectivity index (χ2v) is 3.18. The lowest BCUT2D eigenvalue weighted by molar-refractivity contribution is -0.143. The zero-order valence-corrected chi connectivity index (χ0v) is 8.08. The third-order valence-corrected chi connectivity index (χ3v) is 2.31. The van der Waals surface area contributed by atoms with Crippen LogP contribution in [0.4, 0.5) is 19.0 Å². The molecule has 0 unspecified atom stereocenters. The van der Waals surface area contributed by atoms with Crippen molar-refractivity contribution in [3.05, 3.63) is 11.3 Å². The third-order valence-electron chi connectivity index (χ3n) is 1.76. The molecule has 0 fully saturated rings. The predicted molar refractivity (Wildman–Crippen MR) is 51.0 cm³/mol. The molecular weight excluding hydrogens is 212 g/mol. The zero-order chi connectivity index (χ0) is 11.1. The van der Waals surface area contributed by atoms with Gasteiger partial charge in [-0.25, -0.2) is 4.98 Å². The highest BCUT2D eigenvalue weighted by Crippen LogP contribution is 2.33. The summed E-state index contributed by atoms with van der Waals surface area (Å²) in [5.74, 6) is -0.326. The molecule has 14 heavy (non-hydrogen) atoms. The molecule has 0 aliphatic carbocycles. The molecule has 0 saturated heterocycles. The number of hydrogen-bond acceptors (Lipinski definition) is 3. The van der Waals surface area contributed by atoms with Crippen molar-refractivity contribution in [2.75, 3.05) is 5.73 Å². The lowest BCUT2D eigenvalue weighted by atomic mass is 9.91. The average Bonchev–Trinajstić information content (AvgIpc) is 2.06. The number of halogens is 3. The number of alkyl halides is 3. The number of nitrogens with zero attached hydrogens (tertiary/aromatic N) is 1. The minimum Gasteiger partial charge on any atom is -0.384 e. The van der Waals surface area contributed by atoms with Crippen LogP contribution in [0.15, 0.2) is 4.90 Å². The van der Waals surface area contributed by atoms with Crippen molar-refractivity contribution in [2.24, 2.45) is 0 Å². The third kappa shape index (κ3) is 1.82. The van der Waals surface area contributed by atoms with E-state index in [-0.39, 0.29) is 21.7 Å². The molecular formula is C7H6BF3N2S. The van der Waals surface area contributed by atoms with Gasteiger partial charge in [-0.3, -0.25) is 0 Å². The standard InChI is InChI=1S/C7H6BF3N2S/c1-2-3(8)6(12)13-5(4(2)14)7(9,10)11/h14H,1H3,(H2,12,13). The van der Waals surface area contributed by atoms with Crippen LogP contribution in [0.3, 0.4) is 0 Å². The van der Waals surface area contributed by atoms with E-state index in [9.17, 15) is 13.2 Å². The van der Waals surface area contributed by atoms with Crippen molar-refractivity contribution in [3.8, 4) is 0 Å². The second-order valence-electron chi connectivity index (χ2n) is 2.73. The number of thiol groups is 1. The smallest absolute Gasteiger partial charge is 0.384 e. The average molecular weight is 218 g/mol. The SMILES string of the molecule is [B]c1c(N)nc(C(F)(F)F)c(S)c1C. The Balaban J connectivity index is 3.49. The molecule has 0 spiro atoms. The van der Waals surface area contributed by atoms with E-state index in [1.54, 1.807) is 0 Å². The summed E-state index contributed by atoms with van der Waals surface area (Å²) in [5, 5.41) is 0. The number of nitrogen functional groups attached to an aromatic ring is 1. The van der Waals surface area contributed by atoms with E-state index < -0.39 is 11.9 Å². The summed E-state index contributed by atoms with van der Waals surface area (Å²) in [6.07, 6.45) is -4.57. The summed E-state index contributed by atoms with van der Waals surface area (Å²) in [6.45, 7) is 1.41. The Hall–Kier alpha value is -0.845. The highest BCUT2D eigenvalue weighted by molar-refractivity contribution is 7.80. The van der Waals surface area contributed by atoms with Crippen LogP contribution < -0.4 is 11.2 Å². The van der Waals surface area contributed by atoms with Crippen LogP contribution in [-0.2, 0) is 6.18 Å². The minimum atomic E-state index is -4.57. The molecule has 2 nitrogen and oxygen atoms in total. The molecule has 0 saturated carbocycles. The topological polar surface area (TPSA) is 38.9 Å². The minimum absolute atomic E-state index is 0.0306. The van der Waals surface area contributed by atoms with Gasteiger partial charge in [-0.15, -0.1) is 12.6 Å². The van der Waals surface area contributed by atoms with Crippen LogP contribution in [0, 0.1) is 6.92 Å². The molecule has 2 radical (unpaired) electrons. The molecule has 0 atom stereocenters. The molecule has 0 bridgehead atoms. The Kier molecular flexibility index (Phi) is 2.71. The van der Waals surface area contributed by atoms with Crippen LogP contribution in [0.5, 0.6) is 0 Å². The number of pyridine rings is 1. The fraction of sp³-hybridized carbons (Fsp3) is 0.286. The maximum atomic E-state index is 12.3. The highest BCUT2D eigenvalue weighted by atomic mass is 32.1. The fourth-order valence-corrected chi connectivity index (χ4v) is 1.23. The molecule has 0 amide bonds. The number of rotatable bonds is 0. The largest absolute Gasteiger partial charge is 0.434 e. The summed E-state index contributed by atoms with van der Waals surface area (Å²) < 4.78 is 37.0. The predicted octanol–water partition coefficient (Wildman–Crippen LogP) is 1.07. The van der Waals surface area contributed by atoms with Gasteiger partial charge >= 0.3 is 6.18 Å². The van der Waals surface area contributed by atoms with E-state index in [0.29, 0.717) is 0 Å². The molecule has 74 valence electrons. The van der Waals surface area contributed by atoms with E-state index in [1.165, 1.54) is 6.92 Å². The first-order valence-electron chi connectivity index (χ1n) is 3.57. The Morgan fingerprint density at radius 1 is 1.43 bits per heavy atom. The lowest BCUT2D eigenvalue weighted by Gasteiger charge is -2.14. The number of aromatic nitrogens is 1. The van der Waals surface area contributed by atoms with Gasteiger partial charge in [0.25, 0.3) is 0 Å². The lowest BCUT2D eigenvalue weighted by Crippen LogP contribution is -2.21. The van der Waals surface area contributed by atoms with Gasteiger partial charge in [-0.1, -0.05) is 5.46 Å². The fourth-order valence-electron chi connectivity index (χ4n) is 0.929. The zero-order valence-electron chi connectivity index (χ0n) is 7.18. The van der Waals surface area contributed by atoms with E-state index in [1.807, 2.05) is 0 Å². The molecule has 1 aromatic rings. The molecule has 7 heteroatoms. The molecule has 1 aromatic heterocycles. The summed E-state index contributed by atoms with van der Waals surface area (Å²) >= 11 is 3.70. The summed E-state index contributed by atoms with van der Waals surface area (Å²) in [6, 6.07) is 0. The quantitative estimate of drug-likeness (QED) is 0.505. The van der Waals surface area contributed by atoms with Gasteiger partial charge in [-0.2, -0.15) is 13.2 Å². The van der Waals surface area contributed by atoms with Gasteiger partial charge in [0.05, 0.1) is 0 Å². The summed E-state index contributed by atoms with van der Waals surface area (Å²) in [5.41, 5.74) is 4.33. The first-order chi connectivity index (χ1) is 6.25. The van der Waals surface area contributed by atoms with E-state index in [4.69, 9.17) is 13.6 Å². The van der Waals surface area contributed by atoms with Gasteiger partial charge < -0.3 is 5.73 Å². The maximum Gasteiger partial charge on any atom is 0.434 e. The van der Waals surface area contributed by atoms with Crippen LogP contribution in [0.1, 0.15) is 11.3 Å². The van der Waals surface area contributed by atoms with Gasteiger partial charge in [0, 0.05) is 4.90 Å². The van der Waals surface area contributed by atoms with Gasteiger partial charge in [-0.05, 0) is 12.5 Å². The number of nitrogens with two attached hydrogens (primary N) is 1. The van der Waals surface area contributed by atoms with Crippen molar-refractivity contribution in [1.29, 1.82) is 0 Å². The molecule has 0 aliphatic rings. The normalized spacial score (nSPS) is 11.8. The van der Waals surface area contributed by atoms with Gasteiger partial charge in [0.1, 0.15) is 13.7 Å². The van der Waals surface area contributed by atoms with E-state index >= 15 is 0 Å². The summed E-state index contributed by atoms with van der Waals surface area (Å²) in [7, 11) is 5.39. The Labute approximate surface area is 85.5 Å². The molecule has 2 N–H and O–H groups in total. The second kappa shape index (κ2) is 3.38. The van der Waals surface area contributed by atoms with Crippen LogP contribution >= 0.6 is 12.6 Å². The Bertz CT molecular complexity index is 378. The van der Waals surface area contributed by atoms with Crippen molar-refractivity contribution >= 4 is 31.8 Å². The number of hydrogen-bond donors (Lipinski definition) is 2. The van der Waals surface area contributed by atoms with Gasteiger partial charge in [0.2, 0.25) is 0 Å². The van der Waals surface area contributed by atoms with Crippen molar-refractivity contribution in [2.45, 2.75) is 18.0 Å². The maximum absolute atomic E-state index is 12.3. The van der Waals surface area contributed by atoms with Crippen molar-refractivity contribution in [3.63, 3.8) is 0 Å². The molecule has 0 aromatic carbocycles. The Morgan fingerprint density at radius 3 is 2.36 bits per heavy atom. The number of anilines is 1. The molecule has 1 rings (SSSR count). The van der Waals surface area contributed by atoms with E-state index in [0.717, 1.165) is 0 Å². The van der Waals surface area contributed by atoms with Crippen LogP contribution in [-0.4, -0.2) is 12.8 Å². The first kappa shape index (κ1) is 11.2. The van der Waals surface area contributed by atoms with E-state index in [2.05, 4.69) is 17.6 Å². The van der Waals surface area contributed by atoms with Gasteiger partial charge in [0.15, 0.2) is 5.69 Å². The van der Waals surface area contributed by atoms with Crippen LogP contribution in [0.2, 0.25) is 0 Å².